The van der Waals surface area contributed by atoms with Crippen LogP contribution in [0.5, 0.6) is 0 Å². The molecule has 2 aromatic rings. The second-order valence-electron chi connectivity index (χ2n) is 6.87. The molecule has 0 unspecified atom stereocenters. The Labute approximate surface area is 146 Å². The van der Waals surface area contributed by atoms with Crippen molar-refractivity contribution in [1.82, 2.24) is 9.88 Å². The SMILES string of the molecule is Nc1ccc([C@@H](C(=O)O)N2CCC3(C=Cc4ccccc43)CC2)cn1. The molecule has 1 atom stereocenters. The molecule has 1 fully saturated rings. The van der Waals surface area contributed by atoms with E-state index in [2.05, 4.69) is 41.4 Å². The lowest BCUT2D eigenvalue weighted by Crippen LogP contribution is -2.44. The number of carbonyl (C=O) groups is 1. The second-order valence-corrected chi connectivity index (χ2v) is 6.87. The van der Waals surface area contributed by atoms with Crippen molar-refractivity contribution in [2.45, 2.75) is 24.3 Å². The Morgan fingerprint density at radius 1 is 1.20 bits per heavy atom. The zero-order chi connectivity index (χ0) is 17.4. The third kappa shape index (κ3) is 2.70. The molecule has 5 heteroatoms. The van der Waals surface area contributed by atoms with Crippen LogP contribution in [-0.2, 0) is 10.2 Å². The smallest absolute Gasteiger partial charge is 0.325 e. The van der Waals surface area contributed by atoms with E-state index in [9.17, 15) is 9.90 Å². The van der Waals surface area contributed by atoms with Crippen LogP contribution < -0.4 is 5.73 Å². The molecule has 4 rings (SSSR count). The molecule has 0 saturated carbocycles. The van der Waals surface area contributed by atoms with Gasteiger partial charge >= 0.3 is 5.97 Å². The molecule has 1 aliphatic heterocycles. The molecule has 25 heavy (non-hydrogen) atoms. The van der Waals surface area contributed by atoms with Gasteiger partial charge in [0.2, 0.25) is 0 Å². The predicted molar refractivity (Wildman–Crippen MR) is 97.0 cm³/mol. The van der Waals surface area contributed by atoms with Crippen molar-refractivity contribution in [3.05, 3.63) is 65.4 Å². The van der Waals surface area contributed by atoms with Gasteiger partial charge in [0.25, 0.3) is 0 Å². The Morgan fingerprint density at radius 3 is 2.64 bits per heavy atom. The fourth-order valence-electron chi connectivity index (χ4n) is 4.14. The molecular weight excluding hydrogens is 314 g/mol. The van der Waals surface area contributed by atoms with E-state index in [0.717, 1.165) is 25.9 Å². The number of rotatable bonds is 3. The maximum atomic E-state index is 11.9. The number of carboxylic acid groups (broad SMARTS) is 1. The van der Waals surface area contributed by atoms with Crippen molar-refractivity contribution in [2.75, 3.05) is 18.8 Å². The zero-order valence-electron chi connectivity index (χ0n) is 13.9. The predicted octanol–water partition coefficient (Wildman–Crippen LogP) is 2.85. The summed E-state index contributed by atoms with van der Waals surface area (Å²) in [5, 5.41) is 9.75. The van der Waals surface area contributed by atoms with Gasteiger partial charge in [-0.3, -0.25) is 9.69 Å². The normalized spacial score (nSPS) is 19.7. The van der Waals surface area contributed by atoms with E-state index in [1.165, 1.54) is 11.1 Å². The third-order valence-electron chi connectivity index (χ3n) is 5.49. The zero-order valence-corrected chi connectivity index (χ0v) is 13.9. The molecule has 1 aromatic carbocycles. The summed E-state index contributed by atoms with van der Waals surface area (Å²) >= 11 is 0. The number of aliphatic carboxylic acids is 1. The summed E-state index contributed by atoms with van der Waals surface area (Å²) in [4.78, 5) is 18.0. The van der Waals surface area contributed by atoms with E-state index in [4.69, 9.17) is 5.73 Å². The number of piperidine rings is 1. The monoisotopic (exact) mass is 335 g/mol. The van der Waals surface area contributed by atoms with Gasteiger partial charge in [0.15, 0.2) is 0 Å². The first-order valence-electron chi connectivity index (χ1n) is 8.56. The fourth-order valence-corrected chi connectivity index (χ4v) is 4.14. The highest BCUT2D eigenvalue weighted by Gasteiger charge is 2.40. The molecule has 128 valence electrons. The van der Waals surface area contributed by atoms with Crippen molar-refractivity contribution in [2.24, 2.45) is 0 Å². The Bertz CT molecular complexity index is 821. The molecule has 0 bridgehead atoms. The first-order chi connectivity index (χ1) is 12.1. The van der Waals surface area contributed by atoms with Crippen LogP contribution in [-0.4, -0.2) is 34.0 Å². The lowest BCUT2D eigenvalue weighted by Gasteiger charge is -2.41. The van der Waals surface area contributed by atoms with Crippen molar-refractivity contribution in [1.29, 1.82) is 0 Å². The van der Waals surface area contributed by atoms with Crippen LogP contribution in [0.3, 0.4) is 0 Å². The first kappa shape index (κ1) is 15.8. The van der Waals surface area contributed by atoms with Gasteiger partial charge in [-0.1, -0.05) is 42.5 Å². The van der Waals surface area contributed by atoms with Gasteiger partial charge in [0.1, 0.15) is 11.9 Å². The summed E-state index contributed by atoms with van der Waals surface area (Å²) in [7, 11) is 0. The van der Waals surface area contributed by atoms with E-state index >= 15 is 0 Å². The molecular formula is C20H21N3O2. The van der Waals surface area contributed by atoms with Gasteiger partial charge in [-0.25, -0.2) is 4.98 Å². The molecule has 2 aliphatic rings. The number of benzene rings is 1. The van der Waals surface area contributed by atoms with Crippen LogP contribution in [0.1, 0.15) is 35.6 Å². The number of likely N-dealkylation sites (tertiary alicyclic amines) is 1. The van der Waals surface area contributed by atoms with Crippen LogP contribution in [0, 0.1) is 0 Å². The number of nitrogens with zero attached hydrogens (tertiary/aromatic N) is 2. The van der Waals surface area contributed by atoms with Crippen molar-refractivity contribution in [3.8, 4) is 0 Å². The number of nitrogens with two attached hydrogens (primary N) is 1. The summed E-state index contributed by atoms with van der Waals surface area (Å²) in [5.74, 6) is -0.442. The number of pyridine rings is 1. The van der Waals surface area contributed by atoms with Gasteiger partial charge in [-0.2, -0.15) is 0 Å². The minimum Gasteiger partial charge on any atom is -0.480 e. The quantitative estimate of drug-likeness (QED) is 0.902. The second kappa shape index (κ2) is 6.01. The average Bonchev–Trinajstić information content (AvgIpc) is 2.97. The molecule has 0 amide bonds. The number of hydrogen-bond donors (Lipinski definition) is 2. The first-order valence-corrected chi connectivity index (χ1v) is 8.56. The summed E-state index contributed by atoms with van der Waals surface area (Å²) in [6, 6.07) is 11.2. The standard InChI is InChI=1S/C20H21N3O2/c21-17-6-5-15(13-22-17)18(19(24)25)23-11-9-20(10-12-23)8-7-14-3-1-2-4-16(14)20/h1-8,13,18H,9-12H2,(H2,21,22)(H,24,25)/t18-/m0/s1. The minimum absolute atomic E-state index is 0.0511. The molecule has 1 aliphatic carbocycles. The molecule has 3 N–H and O–H groups in total. The number of nitrogen functional groups attached to an aromatic ring is 1. The summed E-state index contributed by atoms with van der Waals surface area (Å²) in [5.41, 5.74) is 9.01. The highest BCUT2D eigenvalue weighted by Crippen LogP contribution is 2.44. The van der Waals surface area contributed by atoms with Gasteiger partial charge in [-0.15, -0.1) is 0 Å². The topological polar surface area (TPSA) is 79.5 Å². The van der Waals surface area contributed by atoms with Crippen LogP contribution in [0.15, 0.2) is 48.7 Å². The number of allylic oxidation sites excluding steroid dienone is 1. The number of hydrogen-bond acceptors (Lipinski definition) is 4. The summed E-state index contributed by atoms with van der Waals surface area (Å²) in [6.07, 6.45) is 7.92. The Balaban J connectivity index is 1.56. The van der Waals surface area contributed by atoms with Crippen molar-refractivity contribution in [3.63, 3.8) is 0 Å². The van der Waals surface area contributed by atoms with Gasteiger partial charge in [0, 0.05) is 24.7 Å². The van der Waals surface area contributed by atoms with E-state index < -0.39 is 12.0 Å². The molecule has 1 aromatic heterocycles. The Kier molecular flexibility index (Phi) is 3.81. The van der Waals surface area contributed by atoms with Crippen LogP contribution in [0.2, 0.25) is 0 Å². The van der Waals surface area contributed by atoms with Crippen LogP contribution in [0.25, 0.3) is 6.08 Å². The fraction of sp³-hybridized carbons (Fsp3) is 0.300. The highest BCUT2D eigenvalue weighted by molar-refractivity contribution is 5.75. The van der Waals surface area contributed by atoms with Crippen molar-refractivity contribution < 1.29 is 9.90 Å². The van der Waals surface area contributed by atoms with Gasteiger partial charge in [0.05, 0.1) is 0 Å². The lowest BCUT2D eigenvalue weighted by atomic mass is 9.74. The minimum atomic E-state index is -0.843. The summed E-state index contributed by atoms with van der Waals surface area (Å²) < 4.78 is 0. The number of fused-ring (bicyclic) bond motifs is 2. The number of aromatic nitrogens is 1. The molecule has 0 radical (unpaired) electrons. The van der Waals surface area contributed by atoms with E-state index in [1.54, 1.807) is 18.3 Å². The Hall–Kier alpha value is -2.66. The highest BCUT2D eigenvalue weighted by atomic mass is 16.4. The molecule has 5 nitrogen and oxygen atoms in total. The van der Waals surface area contributed by atoms with Crippen molar-refractivity contribution >= 4 is 17.9 Å². The van der Waals surface area contributed by atoms with E-state index in [-0.39, 0.29) is 5.41 Å². The number of carboxylic acids is 1. The van der Waals surface area contributed by atoms with Gasteiger partial charge in [-0.05, 0) is 35.6 Å². The lowest BCUT2D eigenvalue weighted by molar-refractivity contribution is -0.144. The summed E-state index contributed by atoms with van der Waals surface area (Å²) in [6.45, 7) is 1.47. The maximum Gasteiger partial charge on any atom is 0.325 e. The molecule has 1 saturated heterocycles. The molecule has 2 heterocycles. The maximum absolute atomic E-state index is 11.9. The van der Waals surface area contributed by atoms with Gasteiger partial charge < -0.3 is 10.8 Å². The third-order valence-corrected chi connectivity index (χ3v) is 5.49. The van der Waals surface area contributed by atoms with E-state index in [0.29, 0.717) is 11.4 Å². The Morgan fingerprint density at radius 2 is 1.96 bits per heavy atom. The van der Waals surface area contributed by atoms with Crippen LogP contribution >= 0.6 is 0 Å². The van der Waals surface area contributed by atoms with Crippen LogP contribution in [0.4, 0.5) is 5.82 Å². The van der Waals surface area contributed by atoms with E-state index in [1.807, 2.05) is 4.90 Å². The number of anilines is 1. The average molecular weight is 335 g/mol. The molecule has 1 spiro atoms. The largest absolute Gasteiger partial charge is 0.480 e.